The van der Waals surface area contributed by atoms with Crippen molar-refractivity contribution in [2.75, 3.05) is 0 Å². The SMILES string of the molecule is CCCCCCCCCCCCC(N)CC1CCCC1. The Morgan fingerprint density at radius 1 is 0.800 bits per heavy atom. The van der Waals surface area contributed by atoms with Gasteiger partial charge in [-0.1, -0.05) is 96.8 Å². The summed E-state index contributed by atoms with van der Waals surface area (Å²) in [4.78, 5) is 0. The van der Waals surface area contributed by atoms with Crippen LogP contribution in [0.15, 0.2) is 0 Å². The van der Waals surface area contributed by atoms with Crippen LogP contribution in [0, 0.1) is 5.92 Å². The van der Waals surface area contributed by atoms with E-state index in [1.165, 1.54) is 103 Å². The molecule has 1 aliphatic rings. The van der Waals surface area contributed by atoms with E-state index >= 15 is 0 Å². The molecule has 20 heavy (non-hydrogen) atoms. The lowest BCUT2D eigenvalue weighted by molar-refractivity contribution is 0.414. The maximum Gasteiger partial charge on any atom is 0.00414 e. The second-order valence-electron chi connectivity index (χ2n) is 7.12. The molecular weight excluding hydrogens is 242 g/mol. The van der Waals surface area contributed by atoms with Gasteiger partial charge in [-0.3, -0.25) is 0 Å². The average molecular weight is 282 g/mol. The molecular formula is C19H39N. The lowest BCUT2D eigenvalue weighted by Gasteiger charge is -2.16. The van der Waals surface area contributed by atoms with Crippen LogP contribution in [0.5, 0.6) is 0 Å². The Kier molecular flexibility index (Phi) is 11.4. The van der Waals surface area contributed by atoms with Gasteiger partial charge in [0.15, 0.2) is 0 Å². The second kappa shape index (κ2) is 12.7. The van der Waals surface area contributed by atoms with Gasteiger partial charge in [-0.15, -0.1) is 0 Å². The fourth-order valence-corrected chi connectivity index (χ4v) is 3.69. The van der Waals surface area contributed by atoms with E-state index in [0.717, 1.165) is 5.92 Å². The maximum atomic E-state index is 6.26. The Balaban J connectivity index is 1.77. The van der Waals surface area contributed by atoms with E-state index in [9.17, 15) is 0 Å². The van der Waals surface area contributed by atoms with E-state index in [-0.39, 0.29) is 0 Å². The van der Waals surface area contributed by atoms with Crippen LogP contribution < -0.4 is 5.73 Å². The lowest BCUT2D eigenvalue weighted by Crippen LogP contribution is -2.22. The van der Waals surface area contributed by atoms with Crippen molar-refractivity contribution in [3.63, 3.8) is 0 Å². The third-order valence-corrected chi connectivity index (χ3v) is 5.04. The van der Waals surface area contributed by atoms with Crippen molar-refractivity contribution in [2.24, 2.45) is 11.7 Å². The van der Waals surface area contributed by atoms with Crippen LogP contribution in [0.1, 0.15) is 110 Å². The quantitative estimate of drug-likeness (QED) is 0.399. The summed E-state index contributed by atoms with van der Waals surface area (Å²) in [6.45, 7) is 2.29. The van der Waals surface area contributed by atoms with Gasteiger partial charge in [0.25, 0.3) is 0 Å². The molecule has 0 amide bonds. The summed E-state index contributed by atoms with van der Waals surface area (Å²) in [7, 11) is 0. The number of hydrogen-bond acceptors (Lipinski definition) is 1. The average Bonchev–Trinajstić information content (AvgIpc) is 2.93. The summed E-state index contributed by atoms with van der Waals surface area (Å²) in [5.74, 6) is 0.966. The van der Waals surface area contributed by atoms with Crippen LogP contribution in [0.25, 0.3) is 0 Å². The zero-order chi connectivity index (χ0) is 14.5. The molecule has 1 aliphatic carbocycles. The molecule has 1 rings (SSSR count). The molecule has 0 aromatic carbocycles. The van der Waals surface area contributed by atoms with Gasteiger partial charge in [0, 0.05) is 6.04 Å². The van der Waals surface area contributed by atoms with Gasteiger partial charge in [0.05, 0.1) is 0 Å². The van der Waals surface area contributed by atoms with Crippen molar-refractivity contribution in [2.45, 2.75) is 116 Å². The van der Waals surface area contributed by atoms with E-state index in [4.69, 9.17) is 5.73 Å². The Bertz CT molecular complexity index is 196. The minimum atomic E-state index is 0.493. The predicted octanol–water partition coefficient (Wildman–Crippen LogP) is 6.21. The topological polar surface area (TPSA) is 26.0 Å². The first kappa shape index (κ1) is 18.0. The van der Waals surface area contributed by atoms with E-state index in [0.29, 0.717) is 6.04 Å². The summed E-state index contributed by atoms with van der Waals surface area (Å²) in [5, 5.41) is 0. The predicted molar refractivity (Wildman–Crippen MR) is 91.0 cm³/mol. The molecule has 0 aromatic rings. The van der Waals surface area contributed by atoms with Crippen LogP contribution in [-0.4, -0.2) is 6.04 Å². The standard InChI is InChI=1S/C19H39N/c1-2-3-4-5-6-7-8-9-10-11-16-19(20)17-18-14-12-13-15-18/h18-19H,2-17,20H2,1H3. The molecule has 1 fully saturated rings. The van der Waals surface area contributed by atoms with Crippen molar-refractivity contribution < 1.29 is 0 Å². The van der Waals surface area contributed by atoms with Crippen molar-refractivity contribution in [3.05, 3.63) is 0 Å². The number of hydrogen-bond donors (Lipinski definition) is 1. The molecule has 0 bridgehead atoms. The second-order valence-corrected chi connectivity index (χ2v) is 7.12. The van der Waals surface area contributed by atoms with Crippen LogP contribution in [0.2, 0.25) is 0 Å². The minimum absolute atomic E-state index is 0.493. The van der Waals surface area contributed by atoms with E-state index < -0.39 is 0 Å². The van der Waals surface area contributed by atoms with Crippen molar-refractivity contribution in [1.29, 1.82) is 0 Å². The third-order valence-electron chi connectivity index (χ3n) is 5.04. The molecule has 0 radical (unpaired) electrons. The molecule has 0 heterocycles. The molecule has 120 valence electrons. The highest BCUT2D eigenvalue weighted by Crippen LogP contribution is 2.29. The highest BCUT2D eigenvalue weighted by atomic mass is 14.6. The molecule has 1 nitrogen and oxygen atoms in total. The molecule has 2 N–H and O–H groups in total. The lowest BCUT2D eigenvalue weighted by atomic mass is 9.95. The third kappa shape index (κ3) is 9.80. The summed E-state index contributed by atoms with van der Waals surface area (Å²) >= 11 is 0. The van der Waals surface area contributed by atoms with Gasteiger partial charge in [-0.05, 0) is 18.8 Å². The largest absolute Gasteiger partial charge is 0.328 e. The van der Waals surface area contributed by atoms with Gasteiger partial charge in [0.1, 0.15) is 0 Å². The van der Waals surface area contributed by atoms with E-state index in [2.05, 4.69) is 6.92 Å². The Labute approximate surface area is 128 Å². The summed E-state index contributed by atoms with van der Waals surface area (Å²) in [6, 6.07) is 0.493. The van der Waals surface area contributed by atoms with Gasteiger partial charge in [-0.25, -0.2) is 0 Å². The highest BCUT2D eigenvalue weighted by Gasteiger charge is 2.17. The summed E-state index contributed by atoms with van der Waals surface area (Å²) < 4.78 is 0. The number of rotatable bonds is 13. The first-order valence-electron chi connectivity index (χ1n) is 9.58. The highest BCUT2D eigenvalue weighted by molar-refractivity contribution is 4.73. The molecule has 0 saturated heterocycles. The van der Waals surface area contributed by atoms with Crippen LogP contribution in [0.4, 0.5) is 0 Å². The number of unbranched alkanes of at least 4 members (excludes halogenated alkanes) is 9. The molecule has 0 aromatic heterocycles. The van der Waals surface area contributed by atoms with Gasteiger partial charge < -0.3 is 5.73 Å². The van der Waals surface area contributed by atoms with Gasteiger partial charge >= 0.3 is 0 Å². The van der Waals surface area contributed by atoms with Crippen molar-refractivity contribution in [1.82, 2.24) is 0 Å². The smallest absolute Gasteiger partial charge is 0.00414 e. The molecule has 1 heteroatoms. The zero-order valence-corrected chi connectivity index (χ0v) is 14.0. The van der Waals surface area contributed by atoms with Gasteiger partial charge in [0.2, 0.25) is 0 Å². The van der Waals surface area contributed by atoms with E-state index in [1.54, 1.807) is 0 Å². The molecule has 0 spiro atoms. The Hall–Kier alpha value is -0.0400. The van der Waals surface area contributed by atoms with Gasteiger partial charge in [-0.2, -0.15) is 0 Å². The normalized spacial score (nSPS) is 17.7. The zero-order valence-electron chi connectivity index (χ0n) is 14.0. The monoisotopic (exact) mass is 281 g/mol. The summed E-state index contributed by atoms with van der Waals surface area (Å²) in [6.07, 6.45) is 22.7. The Morgan fingerprint density at radius 3 is 1.85 bits per heavy atom. The van der Waals surface area contributed by atoms with Crippen molar-refractivity contribution in [3.8, 4) is 0 Å². The van der Waals surface area contributed by atoms with Crippen LogP contribution in [0.3, 0.4) is 0 Å². The minimum Gasteiger partial charge on any atom is -0.328 e. The molecule has 0 aliphatic heterocycles. The molecule has 1 unspecified atom stereocenters. The number of nitrogens with two attached hydrogens (primary N) is 1. The maximum absolute atomic E-state index is 6.26. The fourth-order valence-electron chi connectivity index (χ4n) is 3.69. The Morgan fingerprint density at radius 2 is 1.30 bits per heavy atom. The van der Waals surface area contributed by atoms with Crippen LogP contribution in [-0.2, 0) is 0 Å². The summed E-state index contributed by atoms with van der Waals surface area (Å²) in [5.41, 5.74) is 6.26. The first-order valence-corrected chi connectivity index (χ1v) is 9.58. The molecule has 1 saturated carbocycles. The first-order chi connectivity index (χ1) is 9.83. The fraction of sp³-hybridized carbons (Fsp3) is 1.00. The van der Waals surface area contributed by atoms with Crippen LogP contribution >= 0.6 is 0 Å². The molecule has 1 atom stereocenters. The van der Waals surface area contributed by atoms with Crippen molar-refractivity contribution >= 4 is 0 Å². The van der Waals surface area contributed by atoms with E-state index in [1.807, 2.05) is 0 Å².